The molecule has 2 aromatic carbocycles. The number of benzene rings is 2. The van der Waals surface area contributed by atoms with E-state index in [0.717, 1.165) is 27.7 Å². The third-order valence-corrected chi connectivity index (χ3v) is 3.91. The molecule has 3 rings (SSSR count). The van der Waals surface area contributed by atoms with Crippen LogP contribution in [0.3, 0.4) is 0 Å². The quantitative estimate of drug-likeness (QED) is 0.785. The van der Waals surface area contributed by atoms with Crippen LogP contribution in [-0.2, 0) is 12.0 Å². The summed E-state index contributed by atoms with van der Waals surface area (Å²) < 4.78 is 0. The van der Waals surface area contributed by atoms with E-state index in [9.17, 15) is 5.11 Å². The molecule has 0 radical (unpaired) electrons. The van der Waals surface area contributed by atoms with Gasteiger partial charge in [-0.15, -0.1) is 0 Å². The van der Waals surface area contributed by atoms with Crippen molar-refractivity contribution in [1.82, 2.24) is 4.98 Å². The molecule has 0 aliphatic carbocycles. The first-order valence-corrected chi connectivity index (χ1v) is 7.19. The molecule has 2 nitrogen and oxygen atoms in total. The largest absolute Gasteiger partial charge is 0.385 e. The molecule has 0 saturated heterocycles. The average molecular weight is 277 g/mol. The molecule has 1 atom stereocenters. The molecular formula is C19H19NO. The summed E-state index contributed by atoms with van der Waals surface area (Å²) in [4.78, 5) is 4.66. The highest BCUT2D eigenvalue weighted by Crippen LogP contribution is 2.27. The molecule has 0 spiro atoms. The summed E-state index contributed by atoms with van der Waals surface area (Å²) in [6.07, 6.45) is 0.503. The van der Waals surface area contributed by atoms with Gasteiger partial charge in [0.25, 0.3) is 0 Å². The van der Waals surface area contributed by atoms with Gasteiger partial charge < -0.3 is 5.11 Å². The second kappa shape index (κ2) is 5.30. The molecule has 0 saturated carbocycles. The lowest BCUT2D eigenvalue weighted by atomic mass is 9.88. The summed E-state index contributed by atoms with van der Waals surface area (Å²) in [6, 6.07) is 20.1. The van der Waals surface area contributed by atoms with Gasteiger partial charge in [0.1, 0.15) is 0 Å². The predicted molar refractivity (Wildman–Crippen MR) is 86.2 cm³/mol. The molecule has 3 aromatic rings. The van der Waals surface area contributed by atoms with Crippen molar-refractivity contribution >= 4 is 10.9 Å². The topological polar surface area (TPSA) is 33.1 Å². The van der Waals surface area contributed by atoms with E-state index in [0.29, 0.717) is 6.42 Å². The summed E-state index contributed by atoms with van der Waals surface area (Å²) in [5.41, 5.74) is 3.02. The van der Waals surface area contributed by atoms with Crippen molar-refractivity contribution in [2.75, 3.05) is 0 Å². The zero-order chi connectivity index (χ0) is 14.9. The van der Waals surface area contributed by atoms with Crippen molar-refractivity contribution in [2.24, 2.45) is 0 Å². The molecule has 1 N–H and O–H groups in total. The number of nitrogens with zero attached hydrogens (tertiary/aromatic N) is 1. The molecule has 1 unspecified atom stereocenters. The summed E-state index contributed by atoms with van der Waals surface area (Å²) in [6.45, 7) is 3.88. The molecule has 0 amide bonds. The third-order valence-electron chi connectivity index (χ3n) is 3.91. The van der Waals surface area contributed by atoms with Crippen LogP contribution >= 0.6 is 0 Å². The molecule has 0 aliphatic heterocycles. The van der Waals surface area contributed by atoms with E-state index in [4.69, 9.17) is 0 Å². The van der Waals surface area contributed by atoms with Crippen LogP contribution < -0.4 is 0 Å². The van der Waals surface area contributed by atoms with Crippen LogP contribution in [0.4, 0.5) is 0 Å². The Hall–Kier alpha value is -2.19. The molecule has 21 heavy (non-hydrogen) atoms. The van der Waals surface area contributed by atoms with Crippen molar-refractivity contribution < 1.29 is 5.11 Å². The highest BCUT2D eigenvalue weighted by atomic mass is 16.3. The number of hydrogen-bond acceptors (Lipinski definition) is 2. The fourth-order valence-electron chi connectivity index (χ4n) is 2.83. The Kier molecular flexibility index (Phi) is 3.48. The molecule has 0 aliphatic rings. The Morgan fingerprint density at radius 2 is 1.67 bits per heavy atom. The van der Waals surface area contributed by atoms with E-state index in [1.165, 1.54) is 0 Å². The molecule has 106 valence electrons. The molecule has 0 fully saturated rings. The van der Waals surface area contributed by atoms with Gasteiger partial charge in [0.15, 0.2) is 0 Å². The van der Waals surface area contributed by atoms with Crippen LogP contribution in [0, 0.1) is 6.92 Å². The Morgan fingerprint density at radius 3 is 2.48 bits per heavy atom. The van der Waals surface area contributed by atoms with Crippen molar-refractivity contribution in [2.45, 2.75) is 25.9 Å². The maximum atomic E-state index is 10.9. The van der Waals surface area contributed by atoms with E-state index in [1.807, 2.05) is 68.4 Å². The Bertz CT molecular complexity index is 777. The smallest absolute Gasteiger partial charge is 0.0926 e. The maximum absolute atomic E-state index is 10.9. The van der Waals surface area contributed by atoms with E-state index >= 15 is 0 Å². The lowest BCUT2D eigenvalue weighted by Crippen LogP contribution is -2.25. The molecule has 1 aromatic heterocycles. The molecular weight excluding hydrogens is 258 g/mol. The Balaban J connectivity index is 1.95. The van der Waals surface area contributed by atoms with Crippen LogP contribution in [0.25, 0.3) is 10.9 Å². The summed E-state index contributed by atoms with van der Waals surface area (Å²) >= 11 is 0. The highest BCUT2D eigenvalue weighted by Gasteiger charge is 2.25. The fraction of sp³-hybridized carbons (Fsp3) is 0.211. The summed E-state index contributed by atoms with van der Waals surface area (Å²) in [5.74, 6) is 0. The van der Waals surface area contributed by atoms with Gasteiger partial charge in [0, 0.05) is 17.5 Å². The number of aryl methyl sites for hydroxylation is 1. The van der Waals surface area contributed by atoms with E-state index < -0.39 is 5.60 Å². The zero-order valence-corrected chi connectivity index (χ0v) is 12.4. The first-order valence-electron chi connectivity index (χ1n) is 7.19. The van der Waals surface area contributed by atoms with Gasteiger partial charge in [-0.1, -0.05) is 48.5 Å². The highest BCUT2D eigenvalue weighted by molar-refractivity contribution is 5.78. The van der Waals surface area contributed by atoms with Crippen LogP contribution in [0.1, 0.15) is 23.7 Å². The zero-order valence-electron chi connectivity index (χ0n) is 12.4. The van der Waals surface area contributed by atoms with Gasteiger partial charge in [0.05, 0.1) is 11.1 Å². The van der Waals surface area contributed by atoms with Crippen LogP contribution in [0.5, 0.6) is 0 Å². The minimum absolute atomic E-state index is 0.503. The van der Waals surface area contributed by atoms with E-state index in [-0.39, 0.29) is 0 Å². The Morgan fingerprint density at radius 1 is 0.952 bits per heavy atom. The van der Waals surface area contributed by atoms with Gasteiger partial charge in [-0.3, -0.25) is 4.98 Å². The number of fused-ring (bicyclic) bond motifs is 1. The summed E-state index contributed by atoms with van der Waals surface area (Å²) in [7, 11) is 0. The number of rotatable bonds is 3. The number of aliphatic hydroxyl groups is 1. The van der Waals surface area contributed by atoms with Crippen molar-refractivity contribution in [3.8, 4) is 0 Å². The van der Waals surface area contributed by atoms with Crippen LogP contribution in [0.15, 0.2) is 60.7 Å². The fourth-order valence-corrected chi connectivity index (χ4v) is 2.83. The molecule has 0 bridgehead atoms. The first kappa shape index (κ1) is 13.8. The number of para-hydroxylation sites is 1. The van der Waals surface area contributed by atoms with Crippen LogP contribution in [-0.4, -0.2) is 10.1 Å². The average Bonchev–Trinajstić information content (AvgIpc) is 2.47. The van der Waals surface area contributed by atoms with Crippen molar-refractivity contribution in [1.29, 1.82) is 0 Å². The second-order valence-corrected chi connectivity index (χ2v) is 5.76. The molecule has 1 heterocycles. The van der Waals surface area contributed by atoms with Gasteiger partial charge in [0.2, 0.25) is 0 Å². The normalized spacial score (nSPS) is 14.0. The van der Waals surface area contributed by atoms with Gasteiger partial charge >= 0.3 is 0 Å². The summed E-state index contributed by atoms with van der Waals surface area (Å²) in [5, 5.41) is 12.0. The van der Waals surface area contributed by atoms with Gasteiger partial charge in [-0.2, -0.15) is 0 Å². The number of aromatic nitrogens is 1. The van der Waals surface area contributed by atoms with Crippen LogP contribution in [0.2, 0.25) is 0 Å². The first-order chi connectivity index (χ1) is 10.1. The standard InChI is InChI=1S/C19H19NO/c1-14-7-3-5-9-17(14)19(2,21)13-16-12-11-15-8-4-6-10-18(15)20-16/h3-12,21H,13H2,1-2H3. The SMILES string of the molecule is Cc1ccccc1C(C)(O)Cc1ccc2ccccc2n1. The maximum Gasteiger partial charge on any atom is 0.0926 e. The Labute approximate surface area is 125 Å². The number of pyridine rings is 1. The van der Waals surface area contributed by atoms with Gasteiger partial charge in [-0.05, 0) is 37.1 Å². The lowest BCUT2D eigenvalue weighted by molar-refractivity contribution is 0.0560. The minimum Gasteiger partial charge on any atom is -0.385 e. The van der Waals surface area contributed by atoms with E-state index in [1.54, 1.807) is 0 Å². The van der Waals surface area contributed by atoms with Crippen molar-refractivity contribution in [3.63, 3.8) is 0 Å². The van der Waals surface area contributed by atoms with E-state index in [2.05, 4.69) is 11.1 Å². The molecule has 2 heteroatoms. The minimum atomic E-state index is -0.916. The lowest BCUT2D eigenvalue weighted by Gasteiger charge is -2.25. The number of hydrogen-bond donors (Lipinski definition) is 1. The van der Waals surface area contributed by atoms with Gasteiger partial charge in [-0.25, -0.2) is 0 Å². The predicted octanol–water partition coefficient (Wildman–Crippen LogP) is 3.99. The second-order valence-electron chi connectivity index (χ2n) is 5.76. The van der Waals surface area contributed by atoms with Crippen molar-refractivity contribution in [3.05, 3.63) is 77.5 Å². The monoisotopic (exact) mass is 277 g/mol. The third kappa shape index (κ3) is 2.81.